The van der Waals surface area contributed by atoms with Gasteiger partial charge in [0.15, 0.2) is 5.82 Å². The Balaban J connectivity index is 2.67. The maximum Gasteiger partial charge on any atom is 0.416 e. The van der Waals surface area contributed by atoms with E-state index in [4.69, 9.17) is 39.3 Å². The molecule has 1 heterocycles. The van der Waals surface area contributed by atoms with Crippen LogP contribution in [0.1, 0.15) is 23.2 Å². The van der Waals surface area contributed by atoms with Gasteiger partial charge in [-0.2, -0.15) is 18.4 Å². The van der Waals surface area contributed by atoms with Gasteiger partial charge in [0.1, 0.15) is 17.3 Å². The molecule has 0 spiro atoms. The average Bonchev–Trinajstić information content (AvgIpc) is 2.78. The molecule has 0 aliphatic rings. The molecule has 0 aliphatic heterocycles. The highest BCUT2D eigenvalue weighted by molar-refractivity contribution is 6.37. The zero-order valence-corrected chi connectivity index (χ0v) is 13.7. The number of nitrogen functional groups attached to an aromatic ring is 1. The van der Waals surface area contributed by atoms with Gasteiger partial charge < -0.3 is 10.8 Å². The molecule has 0 fully saturated rings. The molecule has 0 atom stereocenters. The van der Waals surface area contributed by atoms with Crippen LogP contribution in [0.4, 0.5) is 19.0 Å². The van der Waals surface area contributed by atoms with Crippen molar-refractivity contribution in [2.75, 3.05) is 5.73 Å². The van der Waals surface area contributed by atoms with E-state index in [9.17, 15) is 18.0 Å². The summed E-state index contributed by atoms with van der Waals surface area (Å²) in [6.45, 7) is 0. The van der Waals surface area contributed by atoms with Crippen LogP contribution in [0.25, 0.3) is 5.69 Å². The molecule has 0 unspecified atom stereocenters. The number of nitrogens with two attached hydrogens (primary N) is 1. The first-order valence-corrected chi connectivity index (χ1v) is 7.37. The van der Waals surface area contributed by atoms with E-state index in [0.717, 1.165) is 4.68 Å². The predicted octanol–water partition coefficient (Wildman–Crippen LogP) is 3.67. The number of anilines is 1. The molecule has 0 saturated carbocycles. The third kappa shape index (κ3) is 3.81. The SMILES string of the molecule is N#Cc1c(N)nn(-c2c(Cl)cc(C(F)(F)F)cc2Cl)c1CCC(=O)O. The fraction of sp³-hybridized carbons (Fsp3) is 0.214. The highest BCUT2D eigenvalue weighted by Gasteiger charge is 2.33. The number of benzene rings is 1. The minimum Gasteiger partial charge on any atom is -0.481 e. The van der Waals surface area contributed by atoms with Crippen LogP contribution in [0.15, 0.2) is 12.1 Å². The van der Waals surface area contributed by atoms with Gasteiger partial charge in [0, 0.05) is 6.42 Å². The van der Waals surface area contributed by atoms with Gasteiger partial charge in [-0.15, -0.1) is 5.10 Å². The molecule has 0 bridgehead atoms. The van der Waals surface area contributed by atoms with E-state index in [1.807, 2.05) is 0 Å². The molecule has 1 aromatic heterocycles. The topological polar surface area (TPSA) is 105 Å². The Morgan fingerprint density at radius 3 is 2.36 bits per heavy atom. The maximum absolute atomic E-state index is 12.8. The van der Waals surface area contributed by atoms with Crippen molar-refractivity contribution in [3.05, 3.63) is 39.0 Å². The van der Waals surface area contributed by atoms with Crippen LogP contribution in [0.2, 0.25) is 10.0 Å². The van der Waals surface area contributed by atoms with Crippen molar-refractivity contribution in [1.82, 2.24) is 9.78 Å². The summed E-state index contributed by atoms with van der Waals surface area (Å²) < 4.78 is 39.5. The Kier molecular flexibility index (Phi) is 5.15. The minimum absolute atomic E-state index is 0.0889. The van der Waals surface area contributed by atoms with Gasteiger partial charge in [-0.1, -0.05) is 23.2 Å². The lowest BCUT2D eigenvalue weighted by Gasteiger charge is -2.14. The minimum atomic E-state index is -4.65. The van der Waals surface area contributed by atoms with Crippen molar-refractivity contribution in [1.29, 1.82) is 5.26 Å². The largest absolute Gasteiger partial charge is 0.481 e. The average molecular weight is 393 g/mol. The van der Waals surface area contributed by atoms with Gasteiger partial charge in [0.2, 0.25) is 0 Å². The Labute approximate surface area is 149 Å². The van der Waals surface area contributed by atoms with Crippen molar-refractivity contribution < 1.29 is 23.1 Å². The van der Waals surface area contributed by atoms with E-state index in [-0.39, 0.29) is 45.6 Å². The van der Waals surface area contributed by atoms with Crippen LogP contribution in [-0.2, 0) is 17.4 Å². The molecule has 2 rings (SSSR count). The Hall–Kier alpha value is -2.44. The molecular formula is C14H9Cl2F3N4O2. The zero-order valence-electron chi connectivity index (χ0n) is 12.2. The fourth-order valence-corrected chi connectivity index (χ4v) is 2.81. The van der Waals surface area contributed by atoms with Gasteiger partial charge in [0.25, 0.3) is 0 Å². The lowest BCUT2D eigenvalue weighted by atomic mass is 10.1. The predicted molar refractivity (Wildman–Crippen MR) is 83.7 cm³/mol. The zero-order chi connectivity index (χ0) is 18.9. The number of hydrogen-bond acceptors (Lipinski definition) is 4. The molecule has 3 N–H and O–H groups in total. The fourth-order valence-electron chi connectivity index (χ4n) is 2.17. The first-order chi connectivity index (χ1) is 11.6. The summed E-state index contributed by atoms with van der Waals surface area (Å²) in [5.74, 6) is -1.35. The molecular weight excluding hydrogens is 384 g/mol. The lowest BCUT2D eigenvalue weighted by molar-refractivity contribution is -0.138. The molecule has 11 heteroatoms. The molecule has 0 aliphatic carbocycles. The van der Waals surface area contributed by atoms with Crippen molar-refractivity contribution >= 4 is 35.0 Å². The number of halogens is 5. The van der Waals surface area contributed by atoms with Crippen molar-refractivity contribution in [2.45, 2.75) is 19.0 Å². The monoisotopic (exact) mass is 392 g/mol. The lowest BCUT2D eigenvalue weighted by Crippen LogP contribution is -2.10. The molecule has 6 nitrogen and oxygen atoms in total. The summed E-state index contributed by atoms with van der Waals surface area (Å²) in [5, 5.41) is 21.1. The quantitative estimate of drug-likeness (QED) is 0.825. The van der Waals surface area contributed by atoms with Crippen LogP contribution in [0.5, 0.6) is 0 Å². The summed E-state index contributed by atoms with van der Waals surface area (Å²) >= 11 is 11.9. The van der Waals surface area contributed by atoms with E-state index in [0.29, 0.717) is 12.1 Å². The first kappa shape index (κ1) is 18.9. The second-order valence-electron chi connectivity index (χ2n) is 4.91. The van der Waals surface area contributed by atoms with Crippen molar-refractivity contribution in [3.63, 3.8) is 0 Å². The number of nitrogens with zero attached hydrogens (tertiary/aromatic N) is 3. The van der Waals surface area contributed by atoms with E-state index in [1.165, 1.54) is 0 Å². The Morgan fingerprint density at radius 2 is 1.92 bits per heavy atom. The number of carboxylic acid groups (broad SMARTS) is 1. The standard InChI is InChI=1S/C14H9Cl2F3N4O2/c15-8-3-6(14(17,18)19)4-9(16)12(8)23-10(1-2-11(24)25)7(5-20)13(21)22-23/h3-4H,1-2H2,(H2,21,22)(H,24,25). The molecule has 0 radical (unpaired) electrons. The molecule has 0 amide bonds. The van der Waals surface area contributed by atoms with Crippen molar-refractivity contribution in [3.8, 4) is 11.8 Å². The summed E-state index contributed by atoms with van der Waals surface area (Å²) in [7, 11) is 0. The van der Waals surface area contributed by atoms with Gasteiger partial charge in [0.05, 0.1) is 27.7 Å². The number of nitriles is 1. The number of alkyl halides is 3. The molecule has 25 heavy (non-hydrogen) atoms. The Morgan fingerprint density at radius 1 is 1.36 bits per heavy atom. The second kappa shape index (κ2) is 6.82. The number of aromatic nitrogens is 2. The van der Waals surface area contributed by atoms with E-state index < -0.39 is 17.7 Å². The maximum atomic E-state index is 12.8. The number of carbonyl (C=O) groups is 1. The summed E-state index contributed by atoms with van der Waals surface area (Å²) in [4.78, 5) is 10.8. The van der Waals surface area contributed by atoms with Crippen LogP contribution in [-0.4, -0.2) is 20.9 Å². The Bertz CT molecular complexity index is 864. The van der Waals surface area contributed by atoms with Gasteiger partial charge in [-0.3, -0.25) is 4.79 Å². The van der Waals surface area contributed by atoms with E-state index in [1.54, 1.807) is 6.07 Å². The third-order valence-electron chi connectivity index (χ3n) is 3.25. The van der Waals surface area contributed by atoms with Gasteiger partial charge >= 0.3 is 12.1 Å². The number of carboxylic acids is 1. The third-order valence-corrected chi connectivity index (χ3v) is 3.83. The number of aliphatic carboxylic acids is 1. The smallest absolute Gasteiger partial charge is 0.416 e. The molecule has 0 saturated heterocycles. The summed E-state index contributed by atoms with van der Waals surface area (Å²) in [6.07, 6.45) is -5.15. The van der Waals surface area contributed by atoms with Crippen LogP contribution >= 0.6 is 23.2 Å². The highest BCUT2D eigenvalue weighted by atomic mass is 35.5. The van der Waals surface area contributed by atoms with Crippen molar-refractivity contribution in [2.24, 2.45) is 0 Å². The van der Waals surface area contributed by atoms with Crippen LogP contribution in [0.3, 0.4) is 0 Å². The van der Waals surface area contributed by atoms with Crippen LogP contribution in [0, 0.1) is 11.3 Å². The van der Waals surface area contributed by atoms with Gasteiger partial charge in [-0.25, -0.2) is 4.68 Å². The first-order valence-electron chi connectivity index (χ1n) is 6.62. The molecule has 1 aromatic carbocycles. The summed E-state index contributed by atoms with van der Waals surface area (Å²) in [6, 6.07) is 3.11. The van der Waals surface area contributed by atoms with E-state index >= 15 is 0 Å². The van der Waals surface area contributed by atoms with E-state index in [2.05, 4.69) is 5.10 Å². The highest BCUT2D eigenvalue weighted by Crippen LogP contribution is 2.38. The van der Waals surface area contributed by atoms with Gasteiger partial charge in [-0.05, 0) is 12.1 Å². The van der Waals surface area contributed by atoms with Crippen LogP contribution < -0.4 is 5.73 Å². The summed E-state index contributed by atoms with van der Waals surface area (Å²) in [5.41, 5.74) is 4.45. The normalized spacial score (nSPS) is 11.4. The number of hydrogen-bond donors (Lipinski definition) is 2. The molecule has 132 valence electrons. The number of rotatable bonds is 4. The molecule has 2 aromatic rings. The second-order valence-corrected chi connectivity index (χ2v) is 5.72.